The molecule has 1 heterocycles. The molecule has 126 valence electrons. The first kappa shape index (κ1) is 16.5. The zero-order chi connectivity index (χ0) is 17.6. The first-order valence-electron chi connectivity index (χ1n) is 7.81. The minimum atomic E-state index is -0.316. The minimum absolute atomic E-state index is 0.00616. The van der Waals surface area contributed by atoms with E-state index in [1.54, 1.807) is 48.5 Å². The van der Waals surface area contributed by atoms with E-state index in [2.05, 4.69) is 5.32 Å². The van der Waals surface area contributed by atoms with Gasteiger partial charge < -0.3 is 14.5 Å². The van der Waals surface area contributed by atoms with Gasteiger partial charge in [-0.05, 0) is 55.5 Å². The lowest BCUT2D eigenvalue weighted by Gasteiger charge is -2.05. The third-order valence-corrected chi connectivity index (χ3v) is 3.56. The molecule has 0 saturated heterocycles. The summed E-state index contributed by atoms with van der Waals surface area (Å²) in [4.78, 5) is 23.4. The van der Waals surface area contributed by atoms with E-state index in [4.69, 9.17) is 9.15 Å². The molecule has 3 rings (SSSR count). The van der Waals surface area contributed by atoms with E-state index in [1.165, 1.54) is 6.92 Å². The normalized spacial score (nSPS) is 10.3. The van der Waals surface area contributed by atoms with Gasteiger partial charge in [-0.1, -0.05) is 18.2 Å². The molecule has 2 aromatic carbocycles. The fourth-order valence-electron chi connectivity index (χ4n) is 2.23. The maximum Gasteiger partial charge on any atom is 0.291 e. The lowest BCUT2D eigenvalue weighted by atomic mass is 10.1. The third-order valence-electron chi connectivity index (χ3n) is 3.56. The van der Waals surface area contributed by atoms with Gasteiger partial charge in [0.25, 0.3) is 5.91 Å². The van der Waals surface area contributed by atoms with Crippen LogP contribution in [-0.4, -0.2) is 11.7 Å². The number of hydrogen-bond donors (Lipinski definition) is 1. The van der Waals surface area contributed by atoms with Crippen LogP contribution in [0, 0.1) is 0 Å². The second-order valence-corrected chi connectivity index (χ2v) is 5.46. The van der Waals surface area contributed by atoms with Crippen LogP contribution in [0.5, 0.6) is 5.75 Å². The summed E-state index contributed by atoms with van der Waals surface area (Å²) < 4.78 is 11.1. The molecule has 5 heteroatoms. The number of furan rings is 1. The van der Waals surface area contributed by atoms with Gasteiger partial charge in [0.05, 0.1) is 0 Å². The first-order chi connectivity index (χ1) is 12.1. The SMILES string of the molecule is CC(=O)c1ccc(OCc2ccc(C(=O)Nc3ccccc3)o2)cc1. The summed E-state index contributed by atoms with van der Waals surface area (Å²) in [7, 11) is 0. The predicted octanol–water partition coefficient (Wildman–Crippen LogP) is 4.31. The molecule has 5 nitrogen and oxygen atoms in total. The van der Waals surface area contributed by atoms with Crippen LogP contribution in [0.4, 0.5) is 5.69 Å². The van der Waals surface area contributed by atoms with Crippen molar-refractivity contribution >= 4 is 17.4 Å². The van der Waals surface area contributed by atoms with Gasteiger partial charge in [-0.3, -0.25) is 9.59 Å². The number of nitrogens with one attached hydrogen (secondary N) is 1. The highest BCUT2D eigenvalue weighted by atomic mass is 16.5. The van der Waals surface area contributed by atoms with Gasteiger partial charge in [-0.25, -0.2) is 0 Å². The van der Waals surface area contributed by atoms with Crippen LogP contribution >= 0.6 is 0 Å². The Hall–Kier alpha value is -3.34. The molecule has 1 aromatic heterocycles. The summed E-state index contributed by atoms with van der Waals surface area (Å²) >= 11 is 0. The van der Waals surface area contributed by atoms with Crippen molar-refractivity contribution in [2.75, 3.05) is 5.32 Å². The molecule has 25 heavy (non-hydrogen) atoms. The van der Waals surface area contributed by atoms with Crippen molar-refractivity contribution < 1.29 is 18.7 Å². The molecule has 0 aliphatic rings. The Kier molecular flexibility index (Phi) is 4.95. The maximum absolute atomic E-state index is 12.1. The van der Waals surface area contributed by atoms with E-state index in [0.29, 0.717) is 22.8 Å². The Morgan fingerprint density at radius 1 is 0.960 bits per heavy atom. The van der Waals surface area contributed by atoms with Gasteiger partial charge in [0.2, 0.25) is 0 Å². The maximum atomic E-state index is 12.1. The Morgan fingerprint density at radius 3 is 2.36 bits per heavy atom. The number of ketones is 1. The molecule has 0 aliphatic heterocycles. The number of Topliss-reactive ketones (excluding diaryl/α,β-unsaturated/α-hetero) is 1. The number of hydrogen-bond acceptors (Lipinski definition) is 4. The van der Waals surface area contributed by atoms with Crippen LogP contribution in [-0.2, 0) is 6.61 Å². The fraction of sp³-hybridized carbons (Fsp3) is 0.100. The van der Waals surface area contributed by atoms with E-state index < -0.39 is 0 Å². The van der Waals surface area contributed by atoms with Crippen molar-refractivity contribution in [2.24, 2.45) is 0 Å². The lowest BCUT2D eigenvalue weighted by Crippen LogP contribution is -2.10. The van der Waals surface area contributed by atoms with E-state index in [-0.39, 0.29) is 24.1 Å². The third kappa shape index (κ3) is 4.35. The van der Waals surface area contributed by atoms with Crippen molar-refractivity contribution in [3.63, 3.8) is 0 Å². The summed E-state index contributed by atoms with van der Waals surface area (Å²) in [5.41, 5.74) is 1.33. The number of rotatable bonds is 6. The molecule has 0 aliphatic carbocycles. The van der Waals surface area contributed by atoms with Crippen LogP contribution in [0.3, 0.4) is 0 Å². The van der Waals surface area contributed by atoms with E-state index in [0.717, 1.165) is 0 Å². The van der Waals surface area contributed by atoms with Crippen LogP contribution in [0.25, 0.3) is 0 Å². The highest BCUT2D eigenvalue weighted by molar-refractivity contribution is 6.02. The number of amides is 1. The molecule has 0 radical (unpaired) electrons. The molecule has 0 saturated carbocycles. The first-order valence-corrected chi connectivity index (χ1v) is 7.81. The quantitative estimate of drug-likeness (QED) is 0.681. The van der Waals surface area contributed by atoms with Crippen molar-refractivity contribution in [3.05, 3.63) is 83.8 Å². The summed E-state index contributed by atoms with van der Waals surface area (Å²) in [6.07, 6.45) is 0. The van der Waals surface area contributed by atoms with Crippen molar-refractivity contribution in [3.8, 4) is 5.75 Å². The van der Waals surface area contributed by atoms with Gasteiger partial charge in [-0.2, -0.15) is 0 Å². The standard InChI is InChI=1S/C20H17NO4/c1-14(22)15-7-9-17(10-8-15)24-13-18-11-12-19(25-18)20(23)21-16-5-3-2-4-6-16/h2-12H,13H2,1H3,(H,21,23). The van der Waals surface area contributed by atoms with Gasteiger partial charge in [0, 0.05) is 11.3 Å². The second kappa shape index (κ2) is 7.49. The Morgan fingerprint density at radius 2 is 1.68 bits per heavy atom. The molecule has 1 N–H and O–H groups in total. The number of anilines is 1. The number of para-hydroxylation sites is 1. The summed E-state index contributed by atoms with van der Waals surface area (Å²) in [6.45, 7) is 1.71. The topological polar surface area (TPSA) is 68.5 Å². The lowest BCUT2D eigenvalue weighted by molar-refractivity contribution is 0.0990. The van der Waals surface area contributed by atoms with Crippen molar-refractivity contribution in [1.82, 2.24) is 0 Å². The van der Waals surface area contributed by atoms with Crippen LogP contribution in [0.1, 0.15) is 33.6 Å². The Bertz CT molecular complexity index is 866. The van der Waals surface area contributed by atoms with Crippen molar-refractivity contribution in [2.45, 2.75) is 13.5 Å². The molecule has 3 aromatic rings. The van der Waals surface area contributed by atoms with Gasteiger partial charge in [0.1, 0.15) is 18.1 Å². The van der Waals surface area contributed by atoms with Gasteiger partial charge in [0.15, 0.2) is 11.5 Å². The smallest absolute Gasteiger partial charge is 0.291 e. The number of benzene rings is 2. The molecule has 0 atom stereocenters. The van der Waals surface area contributed by atoms with Gasteiger partial charge in [-0.15, -0.1) is 0 Å². The number of ether oxygens (including phenoxy) is 1. The predicted molar refractivity (Wildman–Crippen MR) is 93.9 cm³/mol. The molecule has 1 amide bonds. The molecule has 0 bridgehead atoms. The zero-order valence-corrected chi connectivity index (χ0v) is 13.7. The Labute approximate surface area is 145 Å². The largest absolute Gasteiger partial charge is 0.486 e. The number of carbonyl (C=O) groups excluding carboxylic acids is 2. The van der Waals surface area contributed by atoms with Crippen LogP contribution < -0.4 is 10.1 Å². The van der Waals surface area contributed by atoms with Gasteiger partial charge >= 0.3 is 0 Å². The molecule has 0 spiro atoms. The minimum Gasteiger partial charge on any atom is -0.486 e. The highest BCUT2D eigenvalue weighted by Gasteiger charge is 2.12. The summed E-state index contributed by atoms with van der Waals surface area (Å²) in [5, 5.41) is 2.76. The molecule has 0 unspecified atom stereocenters. The van der Waals surface area contributed by atoms with E-state index >= 15 is 0 Å². The van der Waals surface area contributed by atoms with E-state index in [9.17, 15) is 9.59 Å². The summed E-state index contributed by atoms with van der Waals surface area (Å²) in [5.74, 6) is 1.06. The van der Waals surface area contributed by atoms with Crippen LogP contribution in [0.2, 0.25) is 0 Å². The Balaban J connectivity index is 1.58. The molecular formula is C20H17NO4. The highest BCUT2D eigenvalue weighted by Crippen LogP contribution is 2.17. The number of carbonyl (C=O) groups is 2. The second-order valence-electron chi connectivity index (χ2n) is 5.46. The fourth-order valence-corrected chi connectivity index (χ4v) is 2.23. The van der Waals surface area contributed by atoms with Crippen molar-refractivity contribution in [1.29, 1.82) is 0 Å². The summed E-state index contributed by atoms with van der Waals surface area (Å²) in [6, 6.07) is 19.3. The van der Waals surface area contributed by atoms with Crippen LogP contribution in [0.15, 0.2) is 71.1 Å². The monoisotopic (exact) mass is 335 g/mol. The molecular weight excluding hydrogens is 318 g/mol. The average Bonchev–Trinajstić information content (AvgIpc) is 3.10. The zero-order valence-electron chi connectivity index (χ0n) is 13.7. The average molecular weight is 335 g/mol. The van der Waals surface area contributed by atoms with E-state index in [1.807, 2.05) is 18.2 Å². The molecule has 0 fully saturated rings.